The second-order valence-electron chi connectivity index (χ2n) is 5.25. The van der Waals surface area contributed by atoms with E-state index in [0.29, 0.717) is 11.5 Å². The molecule has 0 radical (unpaired) electrons. The molecule has 1 aliphatic rings. The topological polar surface area (TPSA) is 73.1 Å². The highest BCUT2D eigenvalue weighted by atomic mass is 16.5. The van der Waals surface area contributed by atoms with Crippen LogP contribution in [-0.4, -0.2) is 21.2 Å². The fourth-order valence-electron chi connectivity index (χ4n) is 2.65. The quantitative estimate of drug-likeness (QED) is 0.779. The summed E-state index contributed by atoms with van der Waals surface area (Å²) in [5.41, 5.74) is 3.43. The number of aromatic nitrogens is 3. The molecule has 6 heteroatoms. The summed E-state index contributed by atoms with van der Waals surface area (Å²) in [6.07, 6.45) is 2.63. The van der Waals surface area contributed by atoms with E-state index in [2.05, 4.69) is 33.4 Å². The predicted octanol–water partition coefficient (Wildman–Crippen LogP) is 2.99. The number of nitrogens with zero attached hydrogens (tertiary/aromatic N) is 3. The van der Waals surface area contributed by atoms with Crippen molar-refractivity contribution in [2.45, 2.75) is 26.4 Å². The lowest BCUT2D eigenvalue weighted by Gasteiger charge is -2.07. The van der Waals surface area contributed by atoms with Crippen molar-refractivity contribution in [1.29, 1.82) is 0 Å². The molecule has 1 aromatic carbocycles. The van der Waals surface area contributed by atoms with Crippen LogP contribution in [0.1, 0.15) is 18.2 Å². The Balaban J connectivity index is 1.72. The van der Waals surface area contributed by atoms with Gasteiger partial charge in [0.2, 0.25) is 0 Å². The van der Waals surface area contributed by atoms with Crippen molar-refractivity contribution >= 4 is 22.6 Å². The van der Waals surface area contributed by atoms with Crippen molar-refractivity contribution < 1.29 is 9.26 Å². The predicted molar refractivity (Wildman–Crippen MR) is 77.9 cm³/mol. The van der Waals surface area contributed by atoms with Crippen LogP contribution in [0.15, 0.2) is 29.0 Å². The molecule has 21 heavy (non-hydrogen) atoms. The molecule has 3 aromatic rings. The average molecular weight is 282 g/mol. The van der Waals surface area contributed by atoms with Crippen LogP contribution in [0.25, 0.3) is 11.1 Å². The number of anilines is 2. The molecule has 1 N–H and O–H groups in total. The van der Waals surface area contributed by atoms with Crippen LogP contribution in [0, 0.1) is 6.92 Å². The van der Waals surface area contributed by atoms with Crippen LogP contribution in [-0.2, 0) is 6.42 Å². The number of fused-ring (bicyclic) bond motifs is 2. The Hall–Kier alpha value is -2.63. The van der Waals surface area contributed by atoms with Crippen molar-refractivity contribution in [3.8, 4) is 5.75 Å². The van der Waals surface area contributed by atoms with Gasteiger partial charge in [-0.05, 0) is 37.6 Å². The third-order valence-electron chi connectivity index (χ3n) is 3.60. The number of hydrogen-bond donors (Lipinski definition) is 1. The van der Waals surface area contributed by atoms with Crippen molar-refractivity contribution in [3.05, 3.63) is 35.8 Å². The van der Waals surface area contributed by atoms with Gasteiger partial charge in [-0.25, -0.2) is 4.98 Å². The van der Waals surface area contributed by atoms with Gasteiger partial charge in [-0.15, -0.1) is 0 Å². The maximum Gasteiger partial charge on any atom is 0.263 e. The Morgan fingerprint density at radius 2 is 2.19 bits per heavy atom. The van der Waals surface area contributed by atoms with Gasteiger partial charge in [0.25, 0.3) is 5.71 Å². The third-order valence-corrected chi connectivity index (χ3v) is 3.60. The zero-order chi connectivity index (χ0) is 14.4. The average Bonchev–Trinajstić information content (AvgIpc) is 3.02. The van der Waals surface area contributed by atoms with Crippen molar-refractivity contribution in [3.63, 3.8) is 0 Å². The molecule has 0 bridgehead atoms. The van der Waals surface area contributed by atoms with E-state index >= 15 is 0 Å². The van der Waals surface area contributed by atoms with Gasteiger partial charge in [-0.3, -0.25) is 0 Å². The summed E-state index contributed by atoms with van der Waals surface area (Å²) in [5, 5.41) is 8.05. The summed E-state index contributed by atoms with van der Waals surface area (Å²) in [6.45, 7) is 3.94. The molecule has 0 aliphatic carbocycles. The molecule has 4 rings (SSSR count). The Morgan fingerprint density at radius 1 is 1.29 bits per heavy atom. The largest absolute Gasteiger partial charge is 0.490 e. The van der Waals surface area contributed by atoms with Crippen molar-refractivity contribution in [2.24, 2.45) is 0 Å². The monoisotopic (exact) mass is 282 g/mol. The SMILES string of the molecule is Cc1noc2ncnc(Nc3ccc4c(c3)CC(C)O4)c12. The lowest BCUT2D eigenvalue weighted by Crippen LogP contribution is -2.05. The van der Waals surface area contributed by atoms with Gasteiger partial charge in [0, 0.05) is 12.1 Å². The fourth-order valence-corrected chi connectivity index (χ4v) is 2.65. The molecule has 0 fully saturated rings. The minimum absolute atomic E-state index is 0.237. The van der Waals surface area contributed by atoms with Crippen molar-refractivity contribution in [2.75, 3.05) is 5.32 Å². The summed E-state index contributed by atoms with van der Waals surface area (Å²) in [5.74, 6) is 1.66. The molecule has 6 nitrogen and oxygen atoms in total. The second kappa shape index (κ2) is 4.44. The molecule has 1 atom stereocenters. The van der Waals surface area contributed by atoms with Crippen LogP contribution >= 0.6 is 0 Å². The second-order valence-corrected chi connectivity index (χ2v) is 5.25. The molecule has 3 heterocycles. The van der Waals surface area contributed by atoms with E-state index in [4.69, 9.17) is 9.26 Å². The Kier molecular flexibility index (Phi) is 2.57. The maximum absolute atomic E-state index is 5.71. The molecule has 0 amide bonds. The van der Waals surface area contributed by atoms with Gasteiger partial charge >= 0.3 is 0 Å². The highest BCUT2D eigenvalue weighted by molar-refractivity contribution is 5.89. The zero-order valence-corrected chi connectivity index (χ0v) is 11.8. The van der Waals surface area contributed by atoms with Gasteiger partial charge in [-0.2, -0.15) is 4.98 Å². The van der Waals surface area contributed by atoms with Crippen LogP contribution in [0.3, 0.4) is 0 Å². The molecule has 0 spiro atoms. The molecule has 106 valence electrons. The summed E-state index contributed by atoms with van der Waals surface area (Å²) in [7, 11) is 0. The van der Waals surface area contributed by atoms with Crippen LogP contribution in [0.5, 0.6) is 5.75 Å². The lowest BCUT2D eigenvalue weighted by atomic mass is 10.1. The molecular weight excluding hydrogens is 268 g/mol. The molecule has 1 unspecified atom stereocenters. The molecule has 0 saturated carbocycles. The number of hydrogen-bond acceptors (Lipinski definition) is 6. The zero-order valence-electron chi connectivity index (χ0n) is 11.8. The maximum atomic E-state index is 5.71. The van der Waals surface area contributed by atoms with E-state index in [-0.39, 0.29) is 6.10 Å². The molecule has 2 aromatic heterocycles. The van der Waals surface area contributed by atoms with E-state index in [1.807, 2.05) is 19.1 Å². The number of nitrogens with one attached hydrogen (secondary N) is 1. The standard InChI is InChI=1S/C15H14N4O2/c1-8-5-10-6-11(3-4-12(10)20-8)18-14-13-9(2)19-21-15(13)17-7-16-14/h3-4,6-8H,5H2,1-2H3,(H,16,17,18). The highest BCUT2D eigenvalue weighted by Crippen LogP contribution is 2.33. The smallest absolute Gasteiger partial charge is 0.263 e. The van der Waals surface area contributed by atoms with Crippen LogP contribution in [0.2, 0.25) is 0 Å². The normalized spacial score (nSPS) is 16.8. The first-order chi connectivity index (χ1) is 10.2. The van der Waals surface area contributed by atoms with E-state index in [1.165, 1.54) is 11.9 Å². The van der Waals surface area contributed by atoms with Gasteiger partial charge < -0.3 is 14.6 Å². The van der Waals surface area contributed by atoms with E-state index in [0.717, 1.165) is 28.9 Å². The number of aryl methyl sites for hydroxylation is 1. The number of ether oxygens (including phenoxy) is 1. The first-order valence-corrected chi connectivity index (χ1v) is 6.84. The Bertz CT molecular complexity index is 828. The first-order valence-electron chi connectivity index (χ1n) is 6.84. The molecule has 0 saturated heterocycles. The Morgan fingerprint density at radius 3 is 3.10 bits per heavy atom. The minimum atomic E-state index is 0.237. The van der Waals surface area contributed by atoms with Gasteiger partial charge in [0.05, 0.1) is 5.69 Å². The van der Waals surface area contributed by atoms with E-state index < -0.39 is 0 Å². The van der Waals surface area contributed by atoms with E-state index in [9.17, 15) is 0 Å². The highest BCUT2D eigenvalue weighted by Gasteiger charge is 2.19. The van der Waals surface area contributed by atoms with Gasteiger partial charge in [0.15, 0.2) is 0 Å². The fraction of sp³-hybridized carbons (Fsp3) is 0.267. The number of benzene rings is 1. The first kappa shape index (κ1) is 12.1. The third kappa shape index (κ3) is 1.99. The van der Waals surface area contributed by atoms with Gasteiger partial charge in [0.1, 0.15) is 29.4 Å². The van der Waals surface area contributed by atoms with E-state index in [1.54, 1.807) is 0 Å². The number of rotatable bonds is 2. The molecule has 1 aliphatic heterocycles. The summed E-state index contributed by atoms with van der Waals surface area (Å²) >= 11 is 0. The van der Waals surface area contributed by atoms with Gasteiger partial charge in [-0.1, -0.05) is 5.16 Å². The van der Waals surface area contributed by atoms with Crippen LogP contribution < -0.4 is 10.1 Å². The Labute approximate surface area is 121 Å². The minimum Gasteiger partial charge on any atom is -0.490 e. The van der Waals surface area contributed by atoms with Crippen molar-refractivity contribution in [1.82, 2.24) is 15.1 Å². The summed E-state index contributed by atoms with van der Waals surface area (Å²) < 4.78 is 10.9. The summed E-state index contributed by atoms with van der Waals surface area (Å²) in [6, 6.07) is 6.06. The molecular formula is C15H14N4O2. The van der Waals surface area contributed by atoms with Crippen LogP contribution in [0.4, 0.5) is 11.5 Å². The summed E-state index contributed by atoms with van der Waals surface area (Å²) in [4.78, 5) is 8.36. The lowest BCUT2D eigenvalue weighted by molar-refractivity contribution is 0.254.